The Bertz CT molecular complexity index is 1400. The molecule has 2 heterocycles. The van der Waals surface area contributed by atoms with Crippen LogP contribution in [0.5, 0.6) is 0 Å². The van der Waals surface area contributed by atoms with Crippen molar-refractivity contribution in [1.82, 2.24) is 24.7 Å². The molecule has 43 heavy (non-hydrogen) atoms. The lowest BCUT2D eigenvalue weighted by Crippen LogP contribution is -2.48. The van der Waals surface area contributed by atoms with Crippen LogP contribution in [0, 0.1) is 11.6 Å². The lowest BCUT2D eigenvalue weighted by molar-refractivity contribution is -0.149. The van der Waals surface area contributed by atoms with E-state index in [0.717, 1.165) is 23.7 Å². The van der Waals surface area contributed by atoms with E-state index in [1.807, 2.05) is 35.8 Å². The molecular weight excluding hydrogens is 567 g/mol. The number of para-hydroxylation sites is 1. The third-order valence-electron chi connectivity index (χ3n) is 8.16. The summed E-state index contributed by atoms with van der Waals surface area (Å²) < 4.78 is 68.1. The molecule has 232 valence electrons. The normalized spacial score (nSPS) is 18.8. The Morgan fingerprint density at radius 1 is 1.09 bits per heavy atom. The van der Waals surface area contributed by atoms with E-state index in [9.17, 15) is 26.7 Å². The van der Waals surface area contributed by atoms with Crippen LogP contribution < -0.4 is 10.6 Å². The van der Waals surface area contributed by atoms with Crippen LogP contribution in [-0.2, 0) is 24.2 Å². The molecule has 3 aromatic rings. The molecular formula is C31H37F5N6O. The Morgan fingerprint density at radius 2 is 1.84 bits per heavy atom. The van der Waals surface area contributed by atoms with E-state index >= 15 is 0 Å². The smallest absolute Gasteiger partial charge is 0.308 e. The van der Waals surface area contributed by atoms with Gasteiger partial charge < -0.3 is 15.2 Å². The second kappa shape index (κ2) is 13.5. The van der Waals surface area contributed by atoms with Gasteiger partial charge in [-0.15, -0.1) is 0 Å². The number of carbonyl (C=O) groups excluding carboxylic acids is 1. The van der Waals surface area contributed by atoms with Crippen molar-refractivity contribution in [1.29, 1.82) is 0 Å². The highest BCUT2D eigenvalue weighted by Crippen LogP contribution is 2.26. The fourth-order valence-electron chi connectivity index (χ4n) is 6.02. The van der Waals surface area contributed by atoms with Crippen LogP contribution in [0.25, 0.3) is 5.69 Å². The number of aromatic nitrogens is 2. The second-order valence-corrected chi connectivity index (χ2v) is 11.4. The number of anilines is 1. The Hall–Kier alpha value is -3.35. The van der Waals surface area contributed by atoms with Gasteiger partial charge in [0.15, 0.2) is 5.82 Å². The molecule has 2 aliphatic rings. The molecule has 2 aromatic carbocycles. The SMILES string of the molecule is CCC[C@H](N[C@H]1CCc2cc(F)cc(F)c2C1)C(=O)Nc1cn(-c2ccccc2CN2CCN(CC(F)(F)F)CC2)cn1. The zero-order valence-corrected chi connectivity index (χ0v) is 24.1. The monoisotopic (exact) mass is 604 g/mol. The molecule has 2 atom stereocenters. The molecule has 1 fully saturated rings. The van der Waals surface area contributed by atoms with Gasteiger partial charge in [0.05, 0.1) is 24.5 Å². The lowest BCUT2D eigenvalue weighted by atomic mass is 9.87. The van der Waals surface area contributed by atoms with Crippen molar-refractivity contribution in [2.75, 3.05) is 38.0 Å². The molecule has 2 N–H and O–H groups in total. The highest BCUT2D eigenvalue weighted by molar-refractivity contribution is 5.94. The van der Waals surface area contributed by atoms with Gasteiger partial charge in [0.1, 0.15) is 18.0 Å². The molecule has 0 spiro atoms. The molecule has 1 aliphatic carbocycles. The van der Waals surface area contributed by atoms with Crippen LogP contribution >= 0.6 is 0 Å². The number of hydrogen-bond donors (Lipinski definition) is 2. The van der Waals surface area contributed by atoms with Crippen LogP contribution in [0.4, 0.5) is 27.8 Å². The van der Waals surface area contributed by atoms with E-state index < -0.39 is 30.4 Å². The third-order valence-corrected chi connectivity index (χ3v) is 8.16. The van der Waals surface area contributed by atoms with Crippen molar-refractivity contribution in [3.63, 3.8) is 0 Å². The standard InChI is InChI=1S/C31H37F5N6O/c1-2-5-27(38-24-9-8-21-14-23(32)15-26(33)25(21)16-24)30(43)39-29-18-42(20-37-29)28-7-4-3-6-22(28)17-40-10-12-41(13-11-40)19-31(34,35)36/h3-4,6-7,14-15,18,20,24,27,38H,2,5,8-13,16-17,19H2,1H3,(H,39,43)/t24-,27-/m0/s1. The number of alkyl halides is 3. The van der Waals surface area contributed by atoms with Crippen molar-refractivity contribution in [2.24, 2.45) is 0 Å². The number of fused-ring (bicyclic) bond motifs is 1. The summed E-state index contributed by atoms with van der Waals surface area (Å²) in [5.41, 5.74) is 3.05. The summed E-state index contributed by atoms with van der Waals surface area (Å²) >= 11 is 0. The van der Waals surface area contributed by atoms with E-state index in [1.54, 1.807) is 12.5 Å². The number of rotatable bonds is 10. The molecule has 0 bridgehead atoms. The van der Waals surface area contributed by atoms with E-state index in [1.165, 1.54) is 11.0 Å². The Balaban J connectivity index is 1.20. The summed E-state index contributed by atoms with van der Waals surface area (Å²) in [6.45, 7) is 3.48. The highest BCUT2D eigenvalue weighted by Gasteiger charge is 2.32. The van der Waals surface area contributed by atoms with Crippen LogP contribution in [0.3, 0.4) is 0 Å². The number of nitrogens with zero attached hydrogens (tertiary/aromatic N) is 4. The Labute approximate surface area is 248 Å². The minimum atomic E-state index is -4.20. The van der Waals surface area contributed by atoms with Gasteiger partial charge in [-0.1, -0.05) is 31.5 Å². The number of amides is 1. The Kier molecular flexibility index (Phi) is 9.78. The molecule has 5 rings (SSSR count). The summed E-state index contributed by atoms with van der Waals surface area (Å²) in [5, 5.41) is 6.29. The molecule has 1 saturated heterocycles. The van der Waals surface area contributed by atoms with Gasteiger partial charge in [-0.05, 0) is 54.5 Å². The minimum absolute atomic E-state index is 0.116. The molecule has 1 aliphatic heterocycles. The van der Waals surface area contributed by atoms with Crippen LogP contribution in [-0.4, -0.2) is 76.2 Å². The maximum Gasteiger partial charge on any atom is 0.401 e. The van der Waals surface area contributed by atoms with Gasteiger partial charge in [-0.2, -0.15) is 13.2 Å². The van der Waals surface area contributed by atoms with Gasteiger partial charge in [0.2, 0.25) is 5.91 Å². The molecule has 0 radical (unpaired) electrons. The summed E-state index contributed by atoms with van der Waals surface area (Å²) in [5.74, 6) is -0.968. The molecule has 0 unspecified atom stereocenters. The highest BCUT2D eigenvalue weighted by atomic mass is 19.4. The van der Waals surface area contributed by atoms with Crippen molar-refractivity contribution < 1.29 is 26.7 Å². The quantitative estimate of drug-likeness (QED) is 0.316. The van der Waals surface area contributed by atoms with Gasteiger partial charge in [-0.25, -0.2) is 13.8 Å². The van der Waals surface area contributed by atoms with Crippen LogP contribution in [0.1, 0.15) is 42.9 Å². The van der Waals surface area contributed by atoms with Crippen molar-refractivity contribution >= 4 is 11.7 Å². The molecule has 1 amide bonds. The zero-order valence-electron chi connectivity index (χ0n) is 24.1. The first-order chi connectivity index (χ1) is 20.6. The number of hydrogen-bond acceptors (Lipinski definition) is 5. The number of nitrogens with one attached hydrogen (secondary N) is 2. The van der Waals surface area contributed by atoms with Crippen molar-refractivity contribution in [3.05, 3.63) is 77.2 Å². The van der Waals surface area contributed by atoms with E-state index in [2.05, 4.69) is 20.5 Å². The summed E-state index contributed by atoms with van der Waals surface area (Å²) in [6.07, 6.45) is 2.11. The number of imidazole rings is 1. The van der Waals surface area contributed by atoms with E-state index in [0.29, 0.717) is 75.4 Å². The van der Waals surface area contributed by atoms with E-state index in [4.69, 9.17) is 0 Å². The van der Waals surface area contributed by atoms with Gasteiger partial charge in [0, 0.05) is 44.8 Å². The summed E-state index contributed by atoms with van der Waals surface area (Å²) in [4.78, 5) is 21.3. The first-order valence-electron chi connectivity index (χ1n) is 14.8. The van der Waals surface area contributed by atoms with Crippen molar-refractivity contribution in [3.8, 4) is 5.69 Å². The molecule has 1 aromatic heterocycles. The average Bonchev–Trinajstić information content (AvgIpc) is 3.42. The molecule has 0 saturated carbocycles. The fraction of sp³-hybridized carbons (Fsp3) is 0.484. The number of benzene rings is 2. The number of aryl methyl sites for hydroxylation is 1. The number of halogens is 5. The topological polar surface area (TPSA) is 65.4 Å². The fourth-order valence-corrected chi connectivity index (χ4v) is 6.02. The third kappa shape index (κ3) is 8.18. The van der Waals surface area contributed by atoms with Gasteiger partial charge in [0.25, 0.3) is 0 Å². The second-order valence-electron chi connectivity index (χ2n) is 11.4. The van der Waals surface area contributed by atoms with E-state index in [-0.39, 0.29) is 11.9 Å². The predicted molar refractivity (Wildman–Crippen MR) is 154 cm³/mol. The maximum absolute atomic E-state index is 14.4. The van der Waals surface area contributed by atoms with Crippen LogP contribution in [0.2, 0.25) is 0 Å². The molecule has 7 nitrogen and oxygen atoms in total. The summed E-state index contributed by atoms with van der Waals surface area (Å²) in [7, 11) is 0. The number of piperazine rings is 1. The minimum Gasteiger partial charge on any atom is -0.308 e. The van der Waals surface area contributed by atoms with Crippen LogP contribution in [0.15, 0.2) is 48.9 Å². The maximum atomic E-state index is 14.4. The number of carbonyl (C=O) groups is 1. The Morgan fingerprint density at radius 3 is 2.58 bits per heavy atom. The molecule has 12 heteroatoms. The lowest BCUT2D eigenvalue weighted by Gasteiger charge is -2.35. The first-order valence-corrected chi connectivity index (χ1v) is 14.8. The zero-order chi connectivity index (χ0) is 30.6. The van der Waals surface area contributed by atoms with Gasteiger partial charge >= 0.3 is 6.18 Å². The first kappa shape index (κ1) is 31.1. The van der Waals surface area contributed by atoms with Gasteiger partial charge in [-0.3, -0.25) is 14.6 Å². The predicted octanol–water partition coefficient (Wildman–Crippen LogP) is 5.08. The summed E-state index contributed by atoms with van der Waals surface area (Å²) in [6, 6.07) is 9.42. The van der Waals surface area contributed by atoms with Crippen molar-refractivity contribution in [2.45, 2.75) is 63.8 Å². The average molecular weight is 605 g/mol. The largest absolute Gasteiger partial charge is 0.401 e.